The minimum absolute atomic E-state index is 0.109. The van der Waals surface area contributed by atoms with Crippen LogP contribution in [0.25, 0.3) is 5.65 Å². The van der Waals surface area contributed by atoms with E-state index in [2.05, 4.69) is 10.1 Å². The van der Waals surface area contributed by atoms with Crippen LogP contribution in [-0.2, 0) is 6.54 Å². The van der Waals surface area contributed by atoms with Gasteiger partial charge in [-0.15, -0.1) is 0 Å². The topological polar surface area (TPSA) is 50.5 Å². The molecule has 2 aromatic heterocycles. The third kappa shape index (κ3) is 2.76. The number of aryl methyl sites for hydroxylation is 1. The summed E-state index contributed by atoms with van der Waals surface area (Å²) in [4.78, 5) is 18.3. The molecular formula is C16H16N4O. The van der Waals surface area contributed by atoms with Crippen molar-refractivity contribution < 1.29 is 4.79 Å². The Hall–Kier alpha value is -2.69. The summed E-state index contributed by atoms with van der Waals surface area (Å²) in [7, 11) is 1.78. The third-order valence-electron chi connectivity index (χ3n) is 3.27. The van der Waals surface area contributed by atoms with Crippen molar-refractivity contribution in [3.8, 4) is 0 Å². The first-order valence-electron chi connectivity index (χ1n) is 6.75. The van der Waals surface area contributed by atoms with Crippen LogP contribution in [0.3, 0.4) is 0 Å². The Balaban J connectivity index is 1.82. The largest absolute Gasteiger partial charge is 0.336 e. The Morgan fingerprint density at radius 2 is 2.05 bits per heavy atom. The Kier molecular flexibility index (Phi) is 3.39. The zero-order valence-corrected chi connectivity index (χ0v) is 12.0. The molecule has 0 saturated heterocycles. The van der Waals surface area contributed by atoms with E-state index < -0.39 is 0 Å². The van der Waals surface area contributed by atoms with Crippen molar-refractivity contribution in [2.45, 2.75) is 13.5 Å². The molecule has 106 valence electrons. The molecule has 0 aliphatic carbocycles. The summed E-state index contributed by atoms with van der Waals surface area (Å²) in [6.45, 7) is 2.50. The second-order valence-electron chi connectivity index (χ2n) is 5.11. The molecule has 0 bridgehead atoms. The predicted molar refractivity (Wildman–Crippen MR) is 80.0 cm³/mol. The van der Waals surface area contributed by atoms with Crippen molar-refractivity contribution in [2.24, 2.45) is 0 Å². The number of carbonyl (C=O) groups excluding carboxylic acids is 1. The first-order valence-corrected chi connectivity index (χ1v) is 6.75. The van der Waals surface area contributed by atoms with E-state index in [0.29, 0.717) is 17.9 Å². The highest BCUT2D eigenvalue weighted by Gasteiger charge is 2.16. The van der Waals surface area contributed by atoms with Gasteiger partial charge in [0.05, 0.1) is 0 Å². The van der Waals surface area contributed by atoms with Crippen LogP contribution in [0, 0.1) is 6.92 Å². The number of hydrogen-bond donors (Lipinski definition) is 0. The molecule has 0 saturated carbocycles. The fourth-order valence-corrected chi connectivity index (χ4v) is 2.20. The quantitative estimate of drug-likeness (QED) is 0.739. The van der Waals surface area contributed by atoms with Gasteiger partial charge < -0.3 is 4.90 Å². The fraction of sp³-hybridized carbons (Fsp3) is 0.188. The van der Waals surface area contributed by atoms with Crippen molar-refractivity contribution in [3.05, 3.63) is 65.6 Å². The molecule has 5 nitrogen and oxygen atoms in total. The van der Waals surface area contributed by atoms with Gasteiger partial charge in [0.15, 0.2) is 11.3 Å². The second-order valence-corrected chi connectivity index (χ2v) is 5.11. The van der Waals surface area contributed by atoms with Crippen molar-refractivity contribution in [2.75, 3.05) is 7.05 Å². The van der Waals surface area contributed by atoms with Crippen LogP contribution in [0.1, 0.15) is 21.6 Å². The molecule has 5 heteroatoms. The van der Waals surface area contributed by atoms with E-state index in [1.807, 2.05) is 43.5 Å². The standard InChI is InChI=1S/C16H16N4O/c1-12-9-17-15-8-14(18-20(15)10-12)16(21)19(2)11-13-6-4-3-5-7-13/h3-10H,11H2,1-2H3. The summed E-state index contributed by atoms with van der Waals surface area (Å²) >= 11 is 0. The first-order chi connectivity index (χ1) is 10.1. The van der Waals surface area contributed by atoms with Crippen molar-refractivity contribution in [3.63, 3.8) is 0 Å². The molecule has 2 heterocycles. The Morgan fingerprint density at radius 1 is 1.29 bits per heavy atom. The number of nitrogens with zero attached hydrogens (tertiary/aromatic N) is 4. The average Bonchev–Trinajstić information content (AvgIpc) is 2.90. The molecule has 0 N–H and O–H groups in total. The molecule has 3 rings (SSSR count). The lowest BCUT2D eigenvalue weighted by atomic mass is 10.2. The molecular weight excluding hydrogens is 264 g/mol. The maximum Gasteiger partial charge on any atom is 0.274 e. The minimum atomic E-state index is -0.109. The van der Waals surface area contributed by atoms with Gasteiger partial charge in [-0.3, -0.25) is 4.79 Å². The average molecular weight is 280 g/mol. The summed E-state index contributed by atoms with van der Waals surface area (Å²) in [5.74, 6) is -0.109. The number of benzene rings is 1. The molecule has 0 aliphatic heterocycles. The zero-order chi connectivity index (χ0) is 14.8. The number of hydrogen-bond acceptors (Lipinski definition) is 3. The van der Waals surface area contributed by atoms with Crippen LogP contribution in [0.2, 0.25) is 0 Å². The van der Waals surface area contributed by atoms with Gasteiger partial charge in [-0.05, 0) is 18.1 Å². The number of amides is 1. The lowest BCUT2D eigenvalue weighted by molar-refractivity contribution is 0.0779. The molecule has 0 aliphatic rings. The molecule has 1 amide bonds. The molecule has 3 aromatic rings. The summed E-state index contributed by atoms with van der Waals surface area (Å²) in [6, 6.07) is 11.6. The minimum Gasteiger partial charge on any atom is -0.336 e. The summed E-state index contributed by atoms with van der Waals surface area (Å²) in [6.07, 6.45) is 3.62. The van der Waals surface area contributed by atoms with Gasteiger partial charge in [0.25, 0.3) is 5.91 Å². The highest BCUT2D eigenvalue weighted by atomic mass is 16.2. The smallest absolute Gasteiger partial charge is 0.274 e. The lowest BCUT2D eigenvalue weighted by Gasteiger charge is -2.15. The van der Waals surface area contributed by atoms with Crippen molar-refractivity contribution in [1.29, 1.82) is 0 Å². The Morgan fingerprint density at radius 3 is 2.81 bits per heavy atom. The monoisotopic (exact) mass is 280 g/mol. The first kappa shape index (κ1) is 13.3. The van der Waals surface area contributed by atoms with E-state index in [1.54, 1.807) is 28.7 Å². The maximum absolute atomic E-state index is 12.4. The number of fused-ring (bicyclic) bond motifs is 1. The number of rotatable bonds is 3. The summed E-state index contributed by atoms with van der Waals surface area (Å²) in [5.41, 5.74) is 3.18. The SMILES string of the molecule is Cc1cnc2cc(C(=O)N(C)Cc3ccccc3)nn2c1. The maximum atomic E-state index is 12.4. The molecule has 21 heavy (non-hydrogen) atoms. The van der Waals surface area contributed by atoms with Crippen LogP contribution < -0.4 is 0 Å². The van der Waals surface area contributed by atoms with E-state index in [9.17, 15) is 4.79 Å². The summed E-state index contributed by atoms with van der Waals surface area (Å²) < 4.78 is 1.64. The van der Waals surface area contributed by atoms with Crippen molar-refractivity contribution in [1.82, 2.24) is 19.5 Å². The number of aromatic nitrogens is 3. The van der Waals surface area contributed by atoms with Gasteiger partial charge in [0, 0.05) is 32.1 Å². The van der Waals surface area contributed by atoms with Crippen LogP contribution in [0.5, 0.6) is 0 Å². The van der Waals surface area contributed by atoms with E-state index in [-0.39, 0.29) is 5.91 Å². The normalized spacial score (nSPS) is 10.8. The van der Waals surface area contributed by atoms with Gasteiger partial charge in [-0.2, -0.15) is 5.10 Å². The highest BCUT2D eigenvalue weighted by molar-refractivity contribution is 5.93. The lowest BCUT2D eigenvalue weighted by Crippen LogP contribution is -2.26. The molecule has 0 radical (unpaired) electrons. The van der Waals surface area contributed by atoms with Crippen LogP contribution in [0.4, 0.5) is 0 Å². The van der Waals surface area contributed by atoms with E-state index >= 15 is 0 Å². The molecule has 0 unspecified atom stereocenters. The van der Waals surface area contributed by atoms with Crippen LogP contribution in [0.15, 0.2) is 48.8 Å². The van der Waals surface area contributed by atoms with Gasteiger partial charge in [0.2, 0.25) is 0 Å². The molecule has 0 fully saturated rings. The number of carbonyl (C=O) groups is 1. The molecule has 0 atom stereocenters. The second kappa shape index (κ2) is 5.36. The fourth-order valence-electron chi connectivity index (χ4n) is 2.20. The molecule has 1 aromatic carbocycles. The third-order valence-corrected chi connectivity index (χ3v) is 3.27. The van der Waals surface area contributed by atoms with Crippen LogP contribution in [-0.4, -0.2) is 32.5 Å². The Bertz CT molecular complexity index is 779. The predicted octanol–water partition coefficient (Wildman–Crippen LogP) is 2.31. The van der Waals surface area contributed by atoms with E-state index in [1.165, 1.54) is 0 Å². The van der Waals surface area contributed by atoms with Gasteiger partial charge in [0.1, 0.15) is 0 Å². The zero-order valence-electron chi connectivity index (χ0n) is 12.0. The van der Waals surface area contributed by atoms with E-state index in [4.69, 9.17) is 0 Å². The molecule has 0 spiro atoms. The van der Waals surface area contributed by atoms with Gasteiger partial charge in [-0.25, -0.2) is 9.50 Å². The van der Waals surface area contributed by atoms with Crippen molar-refractivity contribution >= 4 is 11.6 Å². The van der Waals surface area contributed by atoms with Crippen LogP contribution >= 0.6 is 0 Å². The van der Waals surface area contributed by atoms with E-state index in [0.717, 1.165) is 11.1 Å². The Labute approximate surface area is 122 Å². The van der Waals surface area contributed by atoms with Gasteiger partial charge in [-0.1, -0.05) is 30.3 Å². The highest BCUT2D eigenvalue weighted by Crippen LogP contribution is 2.10. The van der Waals surface area contributed by atoms with Gasteiger partial charge >= 0.3 is 0 Å². The summed E-state index contributed by atoms with van der Waals surface area (Å²) in [5, 5.41) is 4.30.